The van der Waals surface area contributed by atoms with Crippen LogP contribution in [0.1, 0.15) is 49.9 Å². The minimum absolute atomic E-state index is 0.0186. The van der Waals surface area contributed by atoms with Crippen LogP contribution < -0.4 is 22.9 Å². The highest BCUT2D eigenvalue weighted by molar-refractivity contribution is 5.54. The van der Waals surface area contributed by atoms with Crippen LogP contribution in [0.15, 0.2) is 36.4 Å². The first-order chi connectivity index (χ1) is 11.9. The van der Waals surface area contributed by atoms with Crippen LogP contribution in [0, 0.1) is 13.8 Å². The highest BCUT2D eigenvalue weighted by Gasteiger charge is 2.24. The quantitative estimate of drug-likeness (QED) is 0.628. The zero-order valence-electron chi connectivity index (χ0n) is 17.2. The van der Waals surface area contributed by atoms with Crippen molar-refractivity contribution in [2.24, 2.45) is 11.5 Å². The average molecular weight is 357 g/mol. The van der Waals surface area contributed by atoms with Crippen molar-refractivity contribution in [3.63, 3.8) is 0 Å². The van der Waals surface area contributed by atoms with Crippen LogP contribution >= 0.6 is 0 Å². The smallest absolute Gasteiger partial charge is 0.0345 e. The second-order valence-electron chi connectivity index (χ2n) is 8.32. The third-order valence-corrected chi connectivity index (χ3v) is 5.06. The molecule has 2 aromatic carbocycles. The molecule has 0 saturated heterocycles. The maximum Gasteiger partial charge on any atom is 0.0345 e. The summed E-state index contributed by atoms with van der Waals surface area (Å²) >= 11 is 0. The minimum Gasteiger partial charge on any atom is -0.399 e. The molecule has 26 heavy (non-hydrogen) atoms. The lowest BCUT2D eigenvalue weighted by Gasteiger charge is -2.29. The third-order valence-electron chi connectivity index (χ3n) is 5.06. The molecule has 8 N–H and O–H groups in total. The van der Waals surface area contributed by atoms with E-state index >= 15 is 0 Å². The summed E-state index contributed by atoms with van der Waals surface area (Å²) in [4.78, 5) is 0. The Labute approximate surface area is 159 Å². The van der Waals surface area contributed by atoms with E-state index in [4.69, 9.17) is 22.9 Å². The Bertz CT molecular complexity index is 733. The number of benzene rings is 2. The highest BCUT2D eigenvalue weighted by atomic mass is 14.6. The lowest BCUT2D eigenvalue weighted by molar-refractivity contribution is 0.518. The van der Waals surface area contributed by atoms with Gasteiger partial charge in [0.2, 0.25) is 0 Å². The van der Waals surface area contributed by atoms with Crippen LogP contribution in [0.2, 0.25) is 0 Å². The Hall–Kier alpha value is -2.04. The predicted molar refractivity (Wildman–Crippen MR) is 115 cm³/mol. The van der Waals surface area contributed by atoms with Gasteiger partial charge in [0.15, 0.2) is 0 Å². The Balaban J connectivity index is 0.000000314. The second kappa shape index (κ2) is 8.56. The second-order valence-corrected chi connectivity index (χ2v) is 8.32. The van der Waals surface area contributed by atoms with E-state index in [9.17, 15) is 0 Å². The molecule has 0 bridgehead atoms. The third kappa shape index (κ3) is 5.48. The van der Waals surface area contributed by atoms with Crippen molar-refractivity contribution in [3.05, 3.63) is 58.7 Å². The van der Waals surface area contributed by atoms with Crippen LogP contribution in [0.4, 0.5) is 11.4 Å². The van der Waals surface area contributed by atoms with Gasteiger partial charge >= 0.3 is 0 Å². The van der Waals surface area contributed by atoms with E-state index in [0.717, 1.165) is 16.9 Å². The van der Waals surface area contributed by atoms with E-state index in [1.807, 2.05) is 19.1 Å². The lowest BCUT2D eigenvalue weighted by Crippen LogP contribution is -2.31. The van der Waals surface area contributed by atoms with E-state index in [2.05, 4.69) is 52.8 Å². The van der Waals surface area contributed by atoms with E-state index in [-0.39, 0.29) is 10.8 Å². The molecule has 0 atom stereocenters. The number of nitrogens with two attached hydrogens (primary N) is 4. The molecule has 144 valence electrons. The Morgan fingerprint density at radius 2 is 1.31 bits per heavy atom. The van der Waals surface area contributed by atoms with Crippen molar-refractivity contribution in [1.82, 2.24) is 0 Å². The Morgan fingerprint density at radius 1 is 0.731 bits per heavy atom. The molecule has 0 radical (unpaired) electrons. The average Bonchev–Trinajstić information content (AvgIpc) is 2.59. The molecule has 0 spiro atoms. The van der Waals surface area contributed by atoms with Gasteiger partial charge in [0.1, 0.15) is 0 Å². The summed E-state index contributed by atoms with van der Waals surface area (Å²) in [6.07, 6.45) is 0. The first-order valence-electron chi connectivity index (χ1n) is 9.08. The van der Waals surface area contributed by atoms with Gasteiger partial charge in [0.05, 0.1) is 0 Å². The molecule has 0 amide bonds. The van der Waals surface area contributed by atoms with Gasteiger partial charge in [0, 0.05) is 35.3 Å². The van der Waals surface area contributed by atoms with Gasteiger partial charge in [-0.3, -0.25) is 0 Å². The lowest BCUT2D eigenvalue weighted by atomic mass is 9.77. The Morgan fingerprint density at radius 3 is 1.77 bits per heavy atom. The molecule has 2 aromatic rings. The maximum absolute atomic E-state index is 5.87. The van der Waals surface area contributed by atoms with Crippen molar-refractivity contribution in [2.75, 3.05) is 24.6 Å². The molecular formula is C22H36N4. The summed E-state index contributed by atoms with van der Waals surface area (Å²) in [7, 11) is 0. The van der Waals surface area contributed by atoms with Gasteiger partial charge in [-0.15, -0.1) is 0 Å². The molecule has 0 heterocycles. The maximum atomic E-state index is 5.87. The van der Waals surface area contributed by atoms with Gasteiger partial charge in [0.25, 0.3) is 0 Å². The summed E-state index contributed by atoms with van der Waals surface area (Å²) in [6, 6.07) is 12.1. The van der Waals surface area contributed by atoms with E-state index < -0.39 is 0 Å². The zero-order chi connectivity index (χ0) is 20.1. The van der Waals surface area contributed by atoms with Crippen molar-refractivity contribution >= 4 is 11.4 Å². The SMILES string of the molecule is Cc1cc(N)ccc1N.Cc1ccc(C(C)(C)CN)cc1C(C)(C)CN. The van der Waals surface area contributed by atoms with E-state index in [1.165, 1.54) is 16.7 Å². The predicted octanol–water partition coefficient (Wildman–Crippen LogP) is 3.63. The van der Waals surface area contributed by atoms with Gasteiger partial charge in [-0.2, -0.15) is 0 Å². The van der Waals surface area contributed by atoms with Gasteiger partial charge in [-0.05, 0) is 54.3 Å². The van der Waals surface area contributed by atoms with E-state index in [1.54, 1.807) is 6.07 Å². The number of anilines is 2. The van der Waals surface area contributed by atoms with Crippen LogP contribution in [-0.4, -0.2) is 13.1 Å². The minimum atomic E-state index is 0.0186. The molecule has 4 heteroatoms. The summed E-state index contributed by atoms with van der Waals surface area (Å²) in [5.74, 6) is 0. The largest absolute Gasteiger partial charge is 0.399 e. The molecule has 0 unspecified atom stereocenters. The molecular weight excluding hydrogens is 320 g/mol. The summed E-state index contributed by atoms with van der Waals surface area (Å²) < 4.78 is 0. The van der Waals surface area contributed by atoms with Gasteiger partial charge in [-0.1, -0.05) is 45.9 Å². The standard InChI is InChI=1S/C15H26N2.C7H10N2/c1-11-6-7-12(14(2,3)9-16)8-13(11)15(4,5)10-17;1-5-4-6(8)2-3-7(5)9/h6-8H,9-10,16-17H2,1-5H3;2-4H,8-9H2,1H3. The monoisotopic (exact) mass is 356 g/mol. The van der Waals surface area contributed by atoms with Crippen molar-refractivity contribution in [1.29, 1.82) is 0 Å². The topological polar surface area (TPSA) is 104 Å². The number of rotatable bonds is 4. The van der Waals surface area contributed by atoms with Crippen molar-refractivity contribution in [2.45, 2.75) is 52.4 Å². The van der Waals surface area contributed by atoms with Gasteiger partial charge in [-0.25, -0.2) is 0 Å². The van der Waals surface area contributed by atoms with Gasteiger partial charge < -0.3 is 22.9 Å². The first-order valence-corrected chi connectivity index (χ1v) is 9.08. The molecule has 0 aliphatic rings. The fraction of sp³-hybridized carbons (Fsp3) is 0.455. The molecule has 0 aliphatic carbocycles. The fourth-order valence-corrected chi connectivity index (χ4v) is 2.70. The van der Waals surface area contributed by atoms with E-state index in [0.29, 0.717) is 13.1 Å². The molecule has 0 aromatic heterocycles. The number of hydrogen-bond donors (Lipinski definition) is 4. The molecule has 4 nitrogen and oxygen atoms in total. The number of aryl methyl sites for hydroxylation is 2. The zero-order valence-corrected chi connectivity index (χ0v) is 17.2. The normalized spacial score (nSPS) is 11.7. The summed E-state index contributed by atoms with van der Waals surface area (Å²) in [6.45, 7) is 14.1. The fourth-order valence-electron chi connectivity index (χ4n) is 2.70. The van der Waals surface area contributed by atoms with Crippen molar-refractivity contribution in [3.8, 4) is 0 Å². The molecule has 0 aliphatic heterocycles. The van der Waals surface area contributed by atoms with Crippen LogP contribution in [0.5, 0.6) is 0 Å². The van der Waals surface area contributed by atoms with Crippen LogP contribution in [-0.2, 0) is 10.8 Å². The van der Waals surface area contributed by atoms with Crippen LogP contribution in [0.25, 0.3) is 0 Å². The molecule has 0 saturated carbocycles. The van der Waals surface area contributed by atoms with Crippen LogP contribution in [0.3, 0.4) is 0 Å². The Kier molecular flexibility index (Phi) is 7.25. The first kappa shape index (κ1) is 22.0. The highest BCUT2D eigenvalue weighted by Crippen LogP contribution is 2.30. The summed E-state index contributed by atoms with van der Waals surface area (Å²) in [5, 5.41) is 0. The summed E-state index contributed by atoms with van der Waals surface area (Å²) in [5.41, 5.74) is 29.3. The number of hydrogen-bond acceptors (Lipinski definition) is 4. The molecule has 2 rings (SSSR count). The molecule has 0 fully saturated rings. The number of nitrogen functional groups attached to an aromatic ring is 2. The van der Waals surface area contributed by atoms with Crippen molar-refractivity contribution < 1.29 is 0 Å².